The number of nitrogens with one attached hydrogen (secondary N) is 2. The standard InChI is InChI=1S/C25H26ClN5O4/c1-27-22-12-18-21(13-24(22)34-15-16(32)14-31-9-3-4-10-31)29-8-7-23(18)35-17-5-6-20(19(26)11-17)30-25(33)28-2/h5-8,11-13,16,32H,3-4,9-10,14-15H2,2H3,(H2,28,30,33)/t16-/m1/s1. The van der Waals surface area contributed by atoms with Gasteiger partial charge in [-0.3, -0.25) is 4.98 Å². The minimum Gasteiger partial charge on any atom is -0.502 e. The number of hydrogen-bond donors (Lipinski definition) is 3. The molecule has 1 aliphatic heterocycles. The molecule has 1 saturated heterocycles. The highest BCUT2D eigenvalue weighted by molar-refractivity contribution is 6.33. The molecule has 1 fully saturated rings. The second-order valence-electron chi connectivity index (χ2n) is 8.18. The topological polar surface area (TPSA) is 100 Å². The number of carbonyl (C=O) groups excluding carboxylic acids is 1. The van der Waals surface area contributed by atoms with Gasteiger partial charge < -0.3 is 30.1 Å². The summed E-state index contributed by atoms with van der Waals surface area (Å²) in [6.07, 6.45) is 3.26. The number of halogens is 1. The Kier molecular flexibility index (Phi) is 7.87. The maximum Gasteiger partial charge on any atom is 0.319 e. The molecule has 0 spiro atoms. The molecule has 2 aromatic carbocycles. The fraction of sp³-hybridized carbons (Fsp3) is 0.320. The number of hydrogen-bond acceptors (Lipinski definition) is 6. The normalized spacial score (nSPS) is 14.3. The molecule has 0 saturated carbocycles. The molecule has 0 radical (unpaired) electrons. The lowest BCUT2D eigenvalue weighted by Crippen LogP contribution is -2.33. The molecule has 3 aromatic rings. The molecule has 35 heavy (non-hydrogen) atoms. The van der Waals surface area contributed by atoms with E-state index in [1.165, 1.54) is 7.05 Å². The Balaban J connectivity index is 1.51. The molecule has 0 unspecified atom stereocenters. The average Bonchev–Trinajstić information content (AvgIpc) is 3.37. The van der Waals surface area contributed by atoms with E-state index in [2.05, 4.69) is 25.4 Å². The van der Waals surface area contributed by atoms with Crippen molar-refractivity contribution in [2.75, 3.05) is 38.6 Å². The predicted molar refractivity (Wildman–Crippen MR) is 135 cm³/mol. The number of urea groups is 1. The van der Waals surface area contributed by atoms with Gasteiger partial charge in [0.05, 0.1) is 22.8 Å². The van der Waals surface area contributed by atoms with Gasteiger partial charge in [-0.2, -0.15) is 0 Å². The van der Waals surface area contributed by atoms with E-state index in [9.17, 15) is 9.90 Å². The predicted octanol–water partition coefficient (Wildman–Crippen LogP) is 4.82. The summed E-state index contributed by atoms with van der Waals surface area (Å²) in [6, 6.07) is 9.57. The number of fused-ring (bicyclic) bond motifs is 1. The van der Waals surface area contributed by atoms with Gasteiger partial charge in [0.15, 0.2) is 0 Å². The van der Waals surface area contributed by atoms with E-state index in [4.69, 9.17) is 27.6 Å². The summed E-state index contributed by atoms with van der Waals surface area (Å²) in [5.41, 5.74) is 1.33. The van der Waals surface area contributed by atoms with Crippen LogP contribution < -0.4 is 20.1 Å². The highest BCUT2D eigenvalue weighted by Crippen LogP contribution is 2.38. The molecule has 0 bridgehead atoms. The van der Waals surface area contributed by atoms with E-state index in [1.807, 2.05) is 0 Å². The molecular formula is C25H26ClN5O4. The lowest BCUT2D eigenvalue weighted by atomic mass is 10.1. The number of carbonyl (C=O) groups is 1. The zero-order valence-electron chi connectivity index (χ0n) is 19.3. The molecule has 9 nitrogen and oxygen atoms in total. The lowest BCUT2D eigenvalue weighted by Gasteiger charge is -2.20. The number of aliphatic hydroxyl groups excluding tert-OH is 1. The zero-order valence-corrected chi connectivity index (χ0v) is 20.0. The number of rotatable bonds is 8. The number of aliphatic hydroxyl groups is 1. The summed E-state index contributed by atoms with van der Waals surface area (Å²) in [6.45, 7) is 10.2. The van der Waals surface area contributed by atoms with Gasteiger partial charge in [0.25, 0.3) is 0 Å². The molecule has 2 amide bonds. The van der Waals surface area contributed by atoms with Crippen molar-refractivity contribution in [3.05, 3.63) is 59.0 Å². The largest absolute Gasteiger partial charge is 0.502 e. The van der Waals surface area contributed by atoms with Crippen LogP contribution in [0.25, 0.3) is 15.7 Å². The fourth-order valence-corrected chi connectivity index (χ4v) is 4.12. The van der Waals surface area contributed by atoms with Crippen LogP contribution in [-0.2, 0) is 0 Å². The van der Waals surface area contributed by atoms with Crippen molar-refractivity contribution in [3.8, 4) is 17.2 Å². The molecule has 1 atom stereocenters. The number of aromatic nitrogens is 1. The van der Waals surface area contributed by atoms with E-state index >= 15 is 0 Å². The first-order chi connectivity index (χ1) is 17.0. The Morgan fingerprint density at radius 2 is 2.06 bits per heavy atom. The van der Waals surface area contributed by atoms with Gasteiger partial charge in [-0.05, 0) is 56.3 Å². The van der Waals surface area contributed by atoms with Crippen LogP contribution in [0.2, 0.25) is 5.02 Å². The van der Waals surface area contributed by atoms with Gasteiger partial charge in [0.1, 0.15) is 30.0 Å². The monoisotopic (exact) mass is 495 g/mol. The highest BCUT2D eigenvalue weighted by Gasteiger charge is 2.18. The smallest absolute Gasteiger partial charge is 0.319 e. The van der Waals surface area contributed by atoms with Crippen molar-refractivity contribution in [1.29, 1.82) is 0 Å². The number of anilines is 1. The summed E-state index contributed by atoms with van der Waals surface area (Å²) in [7, 11) is 1.51. The van der Waals surface area contributed by atoms with Crippen molar-refractivity contribution in [2.24, 2.45) is 0 Å². The summed E-state index contributed by atoms with van der Waals surface area (Å²) in [4.78, 5) is 21.7. The van der Waals surface area contributed by atoms with E-state index in [1.54, 1.807) is 42.6 Å². The molecule has 1 aliphatic rings. The van der Waals surface area contributed by atoms with Crippen LogP contribution in [0.4, 0.5) is 16.2 Å². The second kappa shape index (κ2) is 11.2. The fourth-order valence-electron chi connectivity index (χ4n) is 3.90. The number of likely N-dealkylation sites (tertiary alicyclic amines) is 1. The Labute approximate surface area is 208 Å². The van der Waals surface area contributed by atoms with Crippen LogP contribution in [0.5, 0.6) is 17.2 Å². The maximum absolute atomic E-state index is 11.5. The average molecular weight is 496 g/mol. The third kappa shape index (κ3) is 6.11. The van der Waals surface area contributed by atoms with Crippen LogP contribution in [0.15, 0.2) is 42.6 Å². The van der Waals surface area contributed by atoms with E-state index in [0.29, 0.717) is 51.1 Å². The van der Waals surface area contributed by atoms with E-state index < -0.39 is 6.10 Å². The van der Waals surface area contributed by atoms with Crippen LogP contribution in [0.3, 0.4) is 0 Å². The van der Waals surface area contributed by atoms with Crippen molar-refractivity contribution in [1.82, 2.24) is 15.2 Å². The number of β-amino-alcohol motifs (C(OH)–C–C–N with tert-alkyl or cyclic N) is 1. The molecule has 182 valence electrons. The Hall–Kier alpha value is -3.58. The third-order valence-electron chi connectivity index (χ3n) is 5.65. The lowest BCUT2D eigenvalue weighted by molar-refractivity contribution is 0.0762. The van der Waals surface area contributed by atoms with Gasteiger partial charge in [-0.1, -0.05) is 11.6 Å². The van der Waals surface area contributed by atoms with Gasteiger partial charge in [0, 0.05) is 31.2 Å². The quantitative estimate of drug-likeness (QED) is 0.387. The minimum atomic E-state index is -0.643. The molecule has 4 rings (SSSR count). The Bertz CT molecular complexity index is 1260. The van der Waals surface area contributed by atoms with Crippen molar-refractivity contribution in [3.63, 3.8) is 0 Å². The number of nitrogens with zero attached hydrogens (tertiary/aromatic N) is 3. The van der Waals surface area contributed by atoms with Crippen LogP contribution >= 0.6 is 11.6 Å². The second-order valence-corrected chi connectivity index (χ2v) is 8.59. The van der Waals surface area contributed by atoms with Crippen molar-refractivity contribution >= 4 is 39.9 Å². The molecule has 0 aliphatic carbocycles. The molecule has 3 N–H and O–H groups in total. The number of amides is 2. The first-order valence-electron chi connectivity index (χ1n) is 11.3. The van der Waals surface area contributed by atoms with Crippen molar-refractivity contribution < 1.29 is 19.4 Å². The third-order valence-corrected chi connectivity index (χ3v) is 5.96. The number of benzene rings is 2. The zero-order chi connectivity index (χ0) is 24.8. The number of ether oxygens (including phenoxy) is 2. The van der Waals surface area contributed by atoms with Crippen LogP contribution in [0, 0.1) is 6.57 Å². The summed E-state index contributed by atoms with van der Waals surface area (Å²) in [5, 5.41) is 16.4. The highest BCUT2D eigenvalue weighted by atomic mass is 35.5. The SMILES string of the molecule is [C-]#[N+]c1cc2c(Oc3ccc(NC(=O)NC)c(Cl)c3)ccnc2cc1OC[C@H](O)CN1CCCC1. The van der Waals surface area contributed by atoms with Crippen LogP contribution in [0.1, 0.15) is 12.8 Å². The van der Waals surface area contributed by atoms with Gasteiger partial charge >= 0.3 is 6.03 Å². The first-order valence-corrected chi connectivity index (χ1v) is 11.6. The molecule has 10 heteroatoms. The first kappa shape index (κ1) is 24.5. The summed E-state index contributed by atoms with van der Waals surface area (Å²) >= 11 is 6.28. The molecular weight excluding hydrogens is 470 g/mol. The van der Waals surface area contributed by atoms with Crippen LogP contribution in [-0.4, -0.2) is 60.4 Å². The maximum atomic E-state index is 11.5. The minimum absolute atomic E-state index is 0.0929. The molecule has 1 aromatic heterocycles. The van der Waals surface area contributed by atoms with Gasteiger partial charge in [-0.15, -0.1) is 0 Å². The van der Waals surface area contributed by atoms with E-state index in [0.717, 1.165) is 25.9 Å². The van der Waals surface area contributed by atoms with Crippen molar-refractivity contribution in [2.45, 2.75) is 18.9 Å². The summed E-state index contributed by atoms with van der Waals surface area (Å²) < 4.78 is 11.8. The van der Waals surface area contributed by atoms with E-state index in [-0.39, 0.29) is 12.6 Å². The molecule has 2 heterocycles. The summed E-state index contributed by atoms with van der Waals surface area (Å²) in [5.74, 6) is 1.31. The Morgan fingerprint density at radius 3 is 2.77 bits per heavy atom. The Morgan fingerprint density at radius 1 is 1.26 bits per heavy atom. The van der Waals surface area contributed by atoms with Gasteiger partial charge in [-0.25, -0.2) is 9.64 Å². The number of pyridine rings is 1. The van der Waals surface area contributed by atoms with Gasteiger partial charge in [0.2, 0.25) is 5.69 Å².